The summed E-state index contributed by atoms with van der Waals surface area (Å²) in [5.74, 6) is -0.0390. The third-order valence-corrected chi connectivity index (χ3v) is 7.13. The lowest BCUT2D eigenvalue weighted by Crippen LogP contribution is -2.48. The van der Waals surface area contributed by atoms with Crippen molar-refractivity contribution in [1.82, 2.24) is 9.80 Å². The van der Waals surface area contributed by atoms with Gasteiger partial charge in [0.2, 0.25) is 0 Å². The highest BCUT2D eigenvalue weighted by Crippen LogP contribution is 2.18. The fourth-order valence-corrected chi connectivity index (χ4v) is 4.25. The molecular formula is C21H26N2O3S. The first-order valence-electron chi connectivity index (χ1n) is 9.27. The highest BCUT2D eigenvalue weighted by Gasteiger charge is 2.23. The van der Waals surface area contributed by atoms with E-state index in [4.69, 9.17) is 0 Å². The van der Waals surface area contributed by atoms with Gasteiger partial charge >= 0.3 is 0 Å². The van der Waals surface area contributed by atoms with Gasteiger partial charge in [0.05, 0.1) is 10.1 Å². The summed E-state index contributed by atoms with van der Waals surface area (Å²) in [5.41, 5.74) is 1.81. The number of nitrogens with zero attached hydrogens (tertiary/aromatic N) is 2. The molecule has 1 aliphatic rings. The van der Waals surface area contributed by atoms with Gasteiger partial charge in [-0.2, -0.15) is 0 Å². The van der Waals surface area contributed by atoms with Gasteiger partial charge in [-0.25, -0.2) is 8.42 Å². The molecule has 3 rings (SSSR count). The van der Waals surface area contributed by atoms with E-state index in [1.807, 2.05) is 23.1 Å². The molecule has 0 aromatic heterocycles. The van der Waals surface area contributed by atoms with Crippen molar-refractivity contribution in [3.8, 4) is 0 Å². The quantitative estimate of drug-likeness (QED) is 0.793. The van der Waals surface area contributed by atoms with Gasteiger partial charge < -0.3 is 4.90 Å². The summed E-state index contributed by atoms with van der Waals surface area (Å²) in [6, 6.07) is 16.6. The minimum absolute atomic E-state index is 0.0390. The molecule has 1 saturated heterocycles. The summed E-state index contributed by atoms with van der Waals surface area (Å²) in [6.45, 7) is 7.23. The van der Waals surface area contributed by atoms with E-state index in [0.717, 1.165) is 19.6 Å². The smallest absolute Gasteiger partial charge is 0.253 e. The van der Waals surface area contributed by atoms with Gasteiger partial charge in [0, 0.05) is 38.3 Å². The van der Waals surface area contributed by atoms with Crippen molar-refractivity contribution in [2.75, 3.05) is 26.2 Å². The Hall–Kier alpha value is -2.18. The van der Waals surface area contributed by atoms with E-state index in [1.165, 1.54) is 17.7 Å². The van der Waals surface area contributed by atoms with Crippen molar-refractivity contribution in [1.29, 1.82) is 0 Å². The van der Waals surface area contributed by atoms with Gasteiger partial charge in [0.15, 0.2) is 9.84 Å². The molecule has 0 bridgehead atoms. The third kappa shape index (κ3) is 4.57. The van der Waals surface area contributed by atoms with Crippen LogP contribution in [0.25, 0.3) is 0 Å². The zero-order chi connectivity index (χ0) is 19.4. The third-order valence-electron chi connectivity index (χ3n) is 4.96. The second-order valence-electron chi connectivity index (χ2n) is 7.17. The number of piperazine rings is 1. The molecule has 27 heavy (non-hydrogen) atoms. The summed E-state index contributed by atoms with van der Waals surface area (Å²) in [4.78, 5) is 17.2. The van der Waals surface area contributed by atoms with Crippen molar-refractivity contribution < 1.29 is 13.2 Å². The zero-order valence-corrected chi connectivity index (χ0v) is 16.7. The molecule has 144 valence electrons. The predicted molar refractivity (Wildman–Crippen MR) is 106 cm³/mol. The fourth-order valence-electron chi connectivity index (χ4n) is 3.19. The maximum atomic E-state index is 12.7. The zero-order valence-electron chi connectivity index (χ0n) is 15.8. The highest BCUT2D eigenvalue weighted by atomic mass is 32.2. The Morgan fingerprint density at radius 3 is 2.07 bits per heavy atom. The number of carbonyl (C=O) groups excluding carboxylic acids is 1. The normalized spacial score (nSPS) is 15.9. The van der Waals surface area contributed by atoms with Crippen LogP contribution < -0.4 is 0 Å². The van der Waals surface area contributed by atoms with Gasteiger partial charge in [0.1, 0.15) is 0 Å². The molecule has 0 N–H and O–H groups in total. The molecule has 1 heterocycles. The summed E-state index contributed by atoms with van der Waals surface area (Å²) in [5, 5.41) is -0.475. The van der Waals surface area contributed by atoms with Gasteiger partial charge in [-0.05, 0) is 43.7 Å². The first-order valence-corrected chi connectivity index (χ1v) is 10.8. The van der Waals surface area contributed by atoms with Crippen LogP contribution in [0.1, 0.15) is 29.8 Å². The first kappa shape index (κ1) is 19.6. The van der Waals surface area contributed by atoms with E-state index in [1.54, 1.807) is 26.0 Å². The molecule has 0 spiro atoms. The van der Waals surface area contributed by atoms with Crippen molar-refractivity contribution in [2.24, 2.45) is 0 Å². The lowest BCUT2D eigenvalue weighted by molar-refractivity contribution is 0.0628. The van der Waals surface area contributed by atoms with Crippen LogP contribution in [0.3, 0.4) is 0 Å². The van der Waals surface area contributed by atoms with E-state index in [-0.39, 0.29) is 10.8 Å². The van der Waals surface area contributed by atoms with Crippen molar-refractivity contribution in [3.63, 3.8) is 0 Å². The molecule has 6 heteroatoms. The molecule has 1 fully saturated rings. The van der Waals surface area contributed by atoms with Gasteiger partial charge in [-0.1, -0.05) is 30.3 Å². The molecular weight excluding hydrogens is 360 g/mol. The first-order chi connectivity index (χ1) is 12.9. The summed E-state index contributed by atoms with van der Waals surface area (Å²) >= 11 is 0. The number of carbonyl (C=O) groups is 1. The molecule has 5 nitrogen and oxygen atoms in total. The fraction of sp³-hybridized carbons (Fsp3) is 0.381. The van der Waals surface area contributed by atoms with Crippen LogP contribution in [-0.2, 0) is 16.4 Å². The average molecular weight is 387 g/mol. The standard InChI is InChI=1S/C21H26N2O3S/c1-17(2)27(25,26)20-10-8-19(9-11-20)21(24)23-14-12-22(13-15-23)16-18-6-4-3-5-7-18/h3-11,17H,12-16H2,1-2H3. The summed E-state index contributed by atoms with van der Waals surface area (Å²) in [6.07, 6.45) is 0. The molecule has 1 amide bonds. The SMILES string of the molecule is CC(C)S(=O)(=O)c1ccc(C(=O)N2CCN(Cc3ccccc3)CC2)cc1. The number of rotatable bonds is 5. The van der Waals surface area contributed by atoms with E-state index in [9.17, 15) is 13.2 Å². The number of benzene rings is 2. The van der Waals surface area contributed by atoms with Crippen LogP contribution in [-0.4, -0.2) is 55.6 Å². The summed E-state index contributed by atoms with van der Waals surface area (Å²) < 4.78 is 24.4. The number of amides is 1. The topological polar surface area (TPSA) is 57.7 Å². The molecule has 0 unspecified atom stereocenters. The van der Waals surface area contributed by atoms with Gasteiger partial charge in [0.25, 0.3) is 5.91 Å². The van der Waals surface area contributed by atoms with Gasteiger partial charge in [-0.15, -0.1) is 0 Å². The van der Waals surface area contributed by atoms with E-state index in [2.05, 4.69) is 17.0 Å². The molecule has 1 aliphatic heterocycles. The van der Waals surface area contributed by atoms with Crippen molar-refractivity contribution in [2.45, 2.75) is 30.5 Å². The Balaban J connectivity index is 1.59. The summed E-state index contributed by atoms with van der Waals surface area (Å²) in [7, 11) is -3.31. The highest BCUT2D eigenvalue weighted by molar-refractivity contribution is 7.92. The lowest BCUT2D eigenvalue weighted by Gasteiger charge is -2.34. The molecule has 2 aromatic rings. The Morgan fingerprint density at radius 1 is 0.926 bits per heavy atom. The van der Waals surface area contributed by atoms with E-state index >= 15 is 0 Å². The molecule has 0 aliphatic carbocycles. The molecule has 0 atom stereocenters. The predicted octanol–water partition coefficient (Wildman–Crippen LogP) is 2.83. The van der Waals surface area contributed by atoms with Crippen molar-refractivity contribution >= 4 is 15.7 Å². The maximum absolute atomic E-state index is 12.7. The molecule has 0 saturated carbocycles. The van der Waals surface area contributed by atoms with Crippen LogP contribution in [0.2, 0.25) is 0 Å². The van der Waals surface area contributed by atoms with Crippen molar-refractivity contribution in [3.05, 3.63) is 65.7 Å². The minimum Gasteiger partial charge on any atom is -0.336 e. The Labute approximate surface area is 161 Å². The number of hydrogen-bond donors (Lipinski definition) is 0. The van der Waals surface area contributed by atoms with E-state index < -0.39 is 15.1 Å². The maximum Gasteiger partial charge on any atom is 0.253 e. The van der Waals surface area contributed by atoms with Crippen LogP contribution >= 0.6 is 0 Å². The van der Waals surface area contributed by atoms with Crippen LogP contribution in [0, 0.1) is 0 Å². The molecule has 2 aromatic carbocycles. The largest absolute Gasteiger partial charge is 0.336 e. The monoisotopic (exact) mass is 386 g/mol. The molecule has 0 radical (unpaired) electrons. The second-order valence-corrected chi connectivity index (χ2v) is 9.68. The van der Waals surface area contributed by atoms with E-state index in [0.29, 0.717) is 18.7 Å². The lowest BCUT2D eigenvalue weighted by atomic mass is 10.1. The minimum atomic E-state index is -3.31. The van der Waals surface area contributed by atoms with Crippen LogP contribution in [0.4, 0.5) is 0 Å². The average Bonchev–Trinajstić information content (AvgIpc) is 2.69. The second kappa shape index (κ2) is 8.23. The number of hydrogen-bond acceptors (Lipinski definition) is 4. The van der Waals surface area contributed by atoms with Crippen LogP contribution in [0.15, 0.2) is 59.5 Å². The Kier molecular flexibility index (Phi) is 5.97. The van der Waals surface area contributed by atoms with Gasteiger partial charge in [-0.3, -0.25) is 9.69 Å². The Morgan fingerprint density at radius 2 is 1.52 bits per heavy atom. The van der Waals surface area contributed by atoms with Crippen LogP contribution in [0.5, 0.6) is 0 Å². The number of sulfone groups is 1. The Bertz CT molecular complexity index is 869.